The average molecular weight is 196 g/mol. The van der Waals surface area contributed by atoms with Crippen molar-refractivity contribution in [2.45, 2.75) is 68.2 Å². The van der Waals surface area contributed by atoms with Gasteiger partial charge in [0.1, 0.15) is 0 Å². The van der Waals surface area contributed by atoms with Crippen molar-refractivity contribution in [3.05, 3.63) is 0 Å². The molecule has 13 heavy (non-hydrogen) atoms. The van der Waals surface area contributed by atoms with Crippen molar-refractivity contribution in [1.82, 2.24) is 0 Å². The second kappa shape index (κ2) is 6.91. The Hall–Kier alpha value is 0.532. The van der Waals surface area contributed by atoms with Crippen LogP contribution in [0.5, 0.6) is 0 Å². The lowest BCUT2D eigenvalue weighted by molar-refractivity contribution is 0.493. The van der Waals surface area contributed by atoms with Gasteiger partial charge >= 0.3 is 0 Å². The fourth-order valence-electron chi connectivity index (χ4n) is 2.67. The van der Waals surface area contributed by atoms with Crippen molar-refractivity contribution in [3.8, 4) is 0 Å². The third-order valence-corrected chi connectivity index (χ3v) is 7.33. The first-order valence-corrected chi connectivity index (χ1v) is 8.81. The Morgan fingerprint density at radius 3 is 2.62 bits per heavy atom. The van der Waals surface area contributed by atoms with Gasteiger partial charge in [-0.3, -0.25) is 0 Å². The predicted molar refractivity (Wildman–Crippen MR) is 62.7 cm³/mol. The molecule has 1 rings (SSSR count). The van der Waals surface area contributed by atoms with Crippen LogP contribution in [0.2, 0.25) is 15.8 Å². The molecule has 1 unspecified atom stereocenters. The van der Waals surface area contributed by atoms with Gasteiger partial charge in [0.25, 0.3) is 14.1 Å². The Bertz CT molecular complexity index is 122. The Kier molecular flexibility index (Phi) is 6.17. The van der Waals surface area contributed by atoms with Crippen molar-refractivity contribution in [3.63, 3.8) is 0 Å². The zero-order chi connectivity index (χ0) is 9.52. The molecule has 1 heterocycles. The van der Waals surface area contributed by atoms with E-state index >= 15 is 0 Å². The highest BCUT2D eigenvalue weighted by molar-refractivity contribution is 6.59. The molecule has 1 heteroatoms. The first kappa shape index (κ1) is 11.6. The van der Waals surface area contributed by atoms with Crippen molar-refractivity contribution in [2.24, 2.45) is 5.92 Å². The lowest BCUT2D eigenvalue weighted by atomic mass is 10.0. The lowest BCUT2D eigenvalue weighted by Gasteiger charge is -2.08. The molecule has 1 saturated heterocycles. The SMILES string of the molecule is CCCCCCC1C[CH2][Al]([CH2]C)[CH2]1. The first-order valence-electron chi connectivity index (χ1n) is 6.36. The Morgan fingerprint density at radius 2 is 2.00 bits per heavy atom. The van der Waals surface area contributed by atoms with Crippen LogP contribution in [0.4, 0.5) is 0 Å². The fraction of sp³-hybridized carbons (Fsp3) is 1.00. The van der Waals surface area contributed by atoms with E-state index in [1.807, 2.05) is 0 Å². The highest BCUT2D eigenvalue weighted by Gasteiger charge is 2.27. The van der Waals surface area contributed by atoms with Crippen LogP contribution in [-0.4, -0.2) is 14.1 Å². The Balaban J connectivity index is 1.97. The minimum atomic E-state index is -0.177. The molecule has 0 amide bonds. The summed E-state index contributed by atoms with van der Waals surface area (Å²) in [6.07, 6.45) is 9.01. The van der Waals surface area contributed by atoms with E-state index < -0.39 is 0 Å². The molecule has 0 aromatic rings. The number of hydrogen-bond donors (Lipinski definition) is 0. The van der Waals surface area contributed by atoms with Crippen LogP contribution in [0.15, 0.2) is 0 Å². The molecule has 0 aromatic carbocycles. The van der Waals surface area contributed by atoms with Crippen molar-refractivity contribution < 1.29 is 0 Å². The van der Waals surface area contributed by atoms with Crippen LogP contribution in [0, 0.1) is 5.92 Å². The summed E-state index contributed by atoms with van der Waals surface area (Å²) in [6, 6.07) is 0. The van der Waals surface area contributed by atoms with Gasteiger partial charge in [-0.1, -0.05) is 74.1 Å². The van der Waals surface area contributed by atoms with Crippen LogP contribution < -0.4 is 0 Å². The second-order valence-corrected chi connectivity index (χ2v) is 8.40. The fourth-order valence-corrected chi connectivity index (χ4v) is 6.01. The zero-order valence-corrected chi connectivity index (χ0v) is 10.7. The van der Waals surface area contributed by atoms with Gasteiger partial charge in [-0.2, -0.15) is 0 Å². The third kappa shape index (κ3) is 4.52. The normalized spacial score (nSPS) is 22.6. The van der Waals surface area contributed by atoms with E-state index in [2.05, 4.69) is 13.8 Å². The monoisotopic (exact) mass is 196 g/mol. The maximum Gasteiger partial charge on any atom is 0.261 e. The summed E-state index contributed by atoms with van der Waals surface area (Å²) >= 11 is -0.177. The van der Waals surface area contributed by atoms with E-state index in [1.165, 1.54) is 25.7 Å². The minimum absolute atomic E-state index is 0.177. The quantitative estimate of drug-likeness (QED) is 0.433. The van der Waals surface area contributed by atoms with Crippen LogP contribution in [0.1, 0.15) is 52.4 Å². The molecule has 0 aliphatic carbocycles. The topological polar surface area (TPSA) is 0 Å². The molecule has 1 atom stereocenters. The van der Waals surface area contributed by atoms with Crippen LogP contribution in [0.3, 0.4) is 0 Å². The van der Waals surface area contributed by atoms with Crippen molar-refractivity contribution in [2.75, 3.05) is 0 Å². The molecule has 1 aliphatic rings. The average Bonchev–Trinajstić information content (AvgIpc) is 2.60. The molecule has 0 aromatic heterocycles. The van der Waals surface area contributed by atoms with Gasteiger partial charge in [0.2, 0.25) is 0 Å². The van der Waals surface area contributed by atoms with E-state index in [4.69, 9.17) is 0 Å². The maximum absolute atomic E-state index is 2.41. The Morgan fingerprint density at radius 1 is 1.15 bits per heavy atom. The van der Waals surface area contributed by atoms with Crippen LogP contribution >= 0.6 is 0 Å². The predicted octanol–water partition coefficient (Wildman–Crippen LogP) is 4.49. The number of unbranched alkanes of at least 4 members (excludes halogenated alkanes) is 3. The summed E-state index contributed by atoms with van der Waals surface area (Å²) < 4.78 is 0. The van der Waals surface area contributed by atoms with Crippen LogP contribution in [0.25, 0.3) is 0 Å². The van der Waals surface area contributed by atoms with Gasteiger partial charge in [-0.05, 0) is 0 Å². The third-order valence-electron chi connectivity index (χ3n) is 3.69. The number of rotatable bonds is 6. The molecule has 0 bridgehead atoms. The van der Waals surface area contributed by atoms with E-state index in [1.54, 1.807) is 28.7 Å². The first-order chi connectivity index (χ1) is 6.36. The maximum atomic E-state index is 2.41. The zero-order valence-electron chi connectivity index (χ0n) is 9.52. The van der Waals surface area contributed by atoms with Gasteiger partial charge in [0, 0.05) is 0 Å². The largest absolute Gasteiger partial charge is 0.261 e. The second-order valence-electron chi connectivity index (χ2n) is 4.80. The van der Waals surface area contributed by atoms with Crippen LogP contribution in [-0.2, 0) is 0 Å². The highest BCUT2D eigenvalue weighted by atomic mass is 27.2. The van der Waals surface area contributed by atoms with Gasteiger partial charge in [-0.15, -0.1) is 0 Å². The molecule has 76 valence electrons. The highest BCUT2D eigenvalue weighted by Crippen LogP contribution is 2.32. The molecular weight excluding hydrogens is 171 g/mol. The van der Waals surface area contributed by atoms with Gasteiger partial charge < -0.3 is 0 Å². The summed E-state index contributed by atoms with van der Waals surface area (Å²) in [6.45, 7) is 4.71. The summed E-state index contributed by atoms with van der Waals surface area (Å²) in [5, 5.41) is 4.91. The van der Waals surface area contributed by atoms with E-state index in [0.29, 0.717) is 0 Å². The summed E-state index contributed by atoms with van der Waals surface area (Å²) in [5.41, 5.74) is 0. The minimum Gasteiger partial charge on any atom is -0.0967 e. The molecular formula is C12H25Al. The standard InChI is InChI=1S/C10H20.C2H5.Al/c1-4-6-7-8-9-10(3)5-2;1-2;/h10H,2-9H2,1H3;1H2,2H3;. The molecule has 0 radical (unpaired) electrons. The molecule has 0 saturated carbocycles. The van der Waals surface area contributed by atoms with E-state index in [-0.39, 0.29) is 14.1 Å². The van der Waals surface area contributed by atoms with Gasteiger partial charge in [0.15, 0.2) is 0 Å². The molecule has 1 fully saturated rings. The summed E-state index contributed by atoms with van der Waals surface area (Å²) in [5.74, 6) is 1.16. The summed E-state index contributed by atoms with van der Waals surface area (Å²) in [7, 11) is 0. The van der Waals surface area contributed by atoms with E-state index in [0.717, 1.165) is 5.92 Å². The van der Waals surface area contributed by atoms with E-state index in [9.17, 15) is 0 Å². The summed E-state index contributed by atoms with van der Waals surface area (Å²) in [4.78, 5) is 0. The van der Waals surface area contributed by atoms with Crippen molar-refractivity contribution in [1.29, 1.82) is 0 Å². The molecule has 0 N–H and O–H groups in total. The molecule has 0 spiro atoms. The van der Waals surface area contributed by atoms with Gasteiger partial charge in [0.05, 0.1) is 0 Å². The molecule has 0 nitrogen and oxygen atoms in total. The molecule has 1 aliphatic heterocycles. The lowest BCUT2D eigenvalue weighted by Crippen LogP contribution is -2.04. The van der Waals surface area contributed by atoms with Crippen molar-refractivity contribution >= 4 is 14.1 Å². The Labute approximate surface area is 88.5 Å². The smallest absolute Gasteiger partial charge is 0.0967 e. The number of hydrogen-bond acceptors (Lipinski definition) is 0. The van der Waals surface area contributed by atoms with Gasteiger partial charge in [-0.25, -0.2) is 0 Å².